The minimum Gasteiger partial charge on any atom is -0.480 e. The minimum atomic E-state index is -1.21. The Balaban J connectivity index is 1.59. The van der Waals surface area contributed by atoms with Gasteiger partial charge in [-0.1, -0.05) is 29.3 Å². The maximum Gasteiger partial charge on any atom is 0.326 e. The van der Waals surface area contributed by atoms with Gasteiger partial charge in [-0.15, -0.1) is 0 Å². The third-order valence-electron chi connectivity index (χ3n) is 7.46. The number of unbranched alkanes of at least 4 members (excludes halogenated alkanes) is 1. The summed E-state index contributed by atoms with van der Waals surface area (Å²) in [7, 11) is 1.45. The molecular weight excluding hydrogens is 572 g/mol. The Morgan fingerprint density at radius 2 is 1.95 bits per heavy atom. The van der Waals surface area contributed by atoms with Crippen LogP contribution < -0.4 is 10.6 Å². The molecule has 0 spiro atoms. The number of carbonyl (C=O) groups is 2. The monoisotopic (exact) mass is 611 g/mol. The van der Waals surface area contributed by atoms with Gasteiger partial charge >= 0.3 is 5.97 Å². The standard InChI is InChI=1S/C29H40Cl2FN5O4/c1-29(2,25-22(30)16-33-17-23(25)31)28(40)36-24(27(38)39)11-14-37(18-21(15-32)41-3)13-5-4-8-20-10-9-19-7-6-12-34-26(19)35-20/h9-10,16-17,21,24H,4-8,11-15,18H2,1-3H3,(H,34,35)(H,36,40)(H,38,39). The topological polar surface area (TPSA) is 117 Å². The molecule has 1 aliphatic heterocycles. The molecule has 0 radical (unpaired) electrons. The first-order chi connectivity index (χ1) is 19.6. The van der Waals surface area contributed by atoms with Crippen molar-refractivity contribution in [2.24, 2.45) is 0 Å². The van der Waals surface area contributed by atoms with Crippen LogP contribution in [-0.4, -0.2) is 84.0 Å². The molecule has 1 aliphatic rings. The number of hydrogen-bond donors (Lipinski definition) is 3. The third kappa shape index (κ3) is 9.23. The van der Waals surface area contributed by atoms with E-state index in [-0.39, 0.29) is 16.5 Å². The number of nitrogens with one attached hydrogen (secondary N) is 2. The summed E-state index contributed by atoms with van der Waals surface area (Å²) in [6.45, 7) is 4.79. The van der Waals surface area contributed by atoms with Crippen LogP contribution >= 0.6 is 23.2 Å². The average molecular weight is 613 g/mol. The van der Waals surface area contributed by atoms with Gasteiger partial charge in [-0.3, -0.25) is 9.78 Å². The first-order valence-electron chi connectivity index (χ1n) is 13.9. The summed E-state index contributed by atoms with van der Waals surface area (Å²) in [4.78, 5) is 36.0. The summed E-state index contributed by atoms with van der Waals surface area (Å²) < 4.78 is 18.7. The predicted octanol–water partition coefficient (Wildman–Crippen LogP) is 4.69. The highest BCUT2D eigenvalue weighted by molar-refractivity contribution is 6.36. The van der Waals surface area contributed by atoms with Gasteiger partial charge < -0.3 is 25.4 Å². The van der Waals surface area contributed by atoms with E-state index in [2.05, 4.69) is 27.8 Å². The molecule has 3 rings (SSSR count). The van der Waals surface area contributed by atoms with Gasteiger partial charge in [0, 0.05) is 50.4 Å². The molecule has 12 heteroatoms. The number of carbonyl (C=O) groups excluding carboxylic acids is 1. The van der Waals surface area contributed by atoms with Gasteiger partial charge in [0.1, 0.15) is 18.5 Å². The van der Waals surface area contributed by atoms with Gasteiger partial charge in [-0.2, -0.15) is 0 Å². The fourth-order valence-corrected chi connectivity index (χ4v) is 5.79. The molecule has 2 unspecified atom stereocenters. The molecule has 0 fully saturated rings. The fourth-order valence-electron chi connectivity index (χ4n) is 4.95. The van der Waals surface area contributed by atoms with E-state index in [1.807, 2.05) is 4.90 Å². The second-order valence-corrected chi connectivity index (χ2v) is 11.7. The van der Waals surface area contributed by atoms with E-state index >= 15 is 0 Å². The molecule has 2 atom stereocenters. The van der Waals surface area contributed by atoms with E-state index < -0.39 is 36.1 Å². The van der Waals surface area contributed by atoms with E-state index in [0.717, 1.165) is 50.2 Å². The number of aliphatic carboxylic acids is 1. The molecule has 0 saturated carbocycles. The molecular formula is C29H40Cl2FN5O4. The molecule has 0 aliphatic carbocycles. The Morgan fingerprint density at radius 1 is 1.22 bits per heavy atom. The lowest BCUT2D eigenvalue weighted by Crippen LogP contribution is -2.50. The molecule has 1 amide bonds. The summed E-state index contributed by atoms with van der Waals surface area (Å²) >= 11 is 12.5. The van der Waals surface area contributed by atoms with E-state index in [0.29, 0.717) is 25.2 Å². The number of rotatable bonds is 16. The van der Waals surface area contributed by atoms with Crippen molar-refractivity contribution >= 4 is 40.9 Å². The summed E-state index contributed by atoms with van der Waals surface area (Å²) in [6.07, 6.45) is 6.92. The van der Waals surface area contributed by atoms with Crippen molar-refractivity contribution in [3.63, 3.8) is 0 Å². The zero-order valence-corrected chi connectivity index (χ0v) is 25.4. The number of amides is 1. The number of alkyl halides is 1. The lowest BCUT2D eigenvalue weighted by molar-refractivity contribution is -0.143. The lowest BCUT2D eigenvalue weighted by atomic mass is 9.83. The quantitative estimate of drug-likeness (QED) is 0.234. The van der Waals surface area contributed by atoms with Crippen molar-refractivity contribution in [2.75, 3.05) is 45.3 Å². The Labute approximate surface area is 251 Å². The number of hydrogen-bond acceptors (Lipinski definition) is 7. The van der Waals surface area contributed by atoms with Gasteiger partial charge in [0.15, 0.2) is 0 Å². The van der Waals surface area contributed by atoms with Crippen LogP contribution in [0.4, 0.5) is 10.2 Å². The van der Waals surface area contributed by atoms with Gasteiger partial charge in [0.2, 0.25) is 5.91 Å². The highest BCUT2D eigenvalue weighted by Gasteiger charge is 2.36. The van der Waals surface area contributed by atoms with Gasteiger partial charge in [-0.25, -0.2) is 14.2 Å². The normalized spacial score (nSPS) is 14.7. The second kappa shape index (κ2) is 15.6. The minimum absolute atomic E-state index is 0.121. The smallest absolute Gasteiger partial charge is 0.326 e. The summed E-state index contributed by atoms with van der Waals surface area (Å²) in [6, 6.07) is 3.04. The first-order valence-corrected chi connectivity index (χ1v) is 14.7. The summed E-state index contributed by atoms with van der Waals surface area (Å²) in [5.74, 6) is -0.724. The number of carboxylic acids is 1. The Morgan fingerprint density at radius 3 is 2.61 bits per heavy atom. The highest BCUT2D eigenvalue weighted by atomic mass is 35.5. The molecule has 41 heavy (non-hydrogen) atoms. The number of nitrogens with zero attached hydrogens (tertiary/aromatic N) is 3. The molecule has 0 saturated heterocycles. The molecule has 3 heterocycles. The van der Waals surface area contributed by atoms with Crippen molar-refractivity contribution in [3.8, 4) is 0 Å². The fraction of sp³-hybridized carbons (Fsp3) is 0.586. The summed E-state index contributed by atoms with van der Waals surface area (Å²) in [5.41, 5.74) is 1.43. The molecule has 226 valence electrons. The van der Waals surface area contributed by atoms with E-state index in [1.54, 1.807) is 13.8 Å². The average Bonchev–Trinajstić information content (AvgIpc) is 2.94. The first kappa shape index (κ1) is 33.0. The summed E-state index contributed by atoms with van der Waals surface area (Å²) in [5, 5.41) is 16.3. The van der Waals surface area contributed by atoms with Crippen molar-refractivity contribution in [2.45, 2.75) is 69.9 Å². The molecule has 2 aromatic rings. The highest BCUT2D eigenvalue weighted by Crippen LogP contribution is 2.35. The largest absolute Gasteiger partial charge is 0.480 e. The maximum atomic E-state index is 13.5. The Bertz CT molecular complexity index is 1160. The van der Waals surface area contributed by atoms with E-state index in [4.69, 9.17) is 32.9 Å². The van der Waals surface area contributed by atoms with Crippen molar-refractivity contribution in [1.29, 1.82) is 0 Å². The molecule has 0 aromatic carbocycles. The molecule has 2 aromatic heterocycles. The molecule has 9 nitrogen and oxygen atoms in total. The van der Waals surface area contributed by atoms with Crippen molar-refractivity contribution < 1.29 is 23.8 Å². The zero-order valence-electron chi connectivity index (χ0n) is 23.9. The number of halogens is 3. The molecule has 0 bridgehead atoms. The van der Waals surface area contributed by atoms with Crippen LogP contribution in [0.5, 0.6) is 0 Å². The van der Waals surface area contributed by atoms with Crippen LogP contribution in [0.1, 0.15) is 56.4 Å². The maximum absolute atomic E-state index is 13.5. The third-order valence-corrected chi connectivity index (χ3v) is 8.03. The number of carboxylic acid groups (broad SMARTS) is 1. The number of methoxy groups -OCH3 is 1. The van der Waals surface area contributed by atoms with Crippen LogP contribution in [0.2, 0.25) is 10.0 Å². The number of aromatic nitrogens is 2. The van der Waals surface area contributed by atoms with Crippen LogP contribution in [0.3, 0.4) is 0 Å². The number of pyridine rings is 2. The van der Waals surface area contributed by atoms with Crippen LogP contribution in [0.25, 0.3) is 0 Å². The van der Waals surface area contributed by atoms with Crippen LogP contribution in [-0.2, 0) is 32.6 Å². The Kier molecular flexibility index (Phi) is 12.6. The van der Waals surface area contributed by atoms with Gasteiger partial charge in [0.05, 0.1) is 21.6 Å². The van der Waals surface area contributed by atoms with Crippen molar-refractivity contribution in [1.82, 2.24) is 20.2 Å². The number of anilines is 1. The van der Waals surface area contributed by atoms with Gasteiger partial charge in [-0.05, 0) is 70.5 Å². The second-order valence-electron chi connectivity index (χ2n) is 10.9. The SMILES string of the molecule is COC(CF)CN(CCCCc1ccc2c(n1)NCCC2)CCC(NC(=O)C(C)(C)c1c(Cl)cncc1Cl)C(=O)O. The lowest BCUT2D eigenvalue weighted by Gasteiger charge is -2.30. The van der Waals surface area contributed by atoms with E-state index in [1.165, 1.54) is 25.1 Å². The number of ether oxygens (including phenoxy) is 1. The van der Waals surface area contributed by atoms with Crippen LogP contribution in [0.15, 0.2) is 24.5 Å². The number of aryl methyl sites for hydroxylation is 2. The van der Waals surface area contributed by atoms with Gasteiger partial charge in [0.25, 0.3) is 0 Å². The van der Waals surface area contributed by atoms with Crippen molar-refractivity contribution in [3.05, 3.63) is 51.4 Å². The number of fused-ring (bicyclic) bond motifs is 1. The van der Waals surface area contributed by atoms with E-state index in [9.17, 15) is 19.1 Å². The zero-order chi connectivity index (χ0) is 30.0. The molecule has 3 N–H and O–H groups in total. The predicted molar refractivity (Wildman–Crippen MR) is 159 cm³/mol. The van der Waals surface area contributed by atoms with Crippen LogP contribution in [0, 0.1) is 0 Å². The Hall–Kier alpha value is -2.53.